The minimum Gasteiger partial charge on any atom is -0.328 e. The summed E-state index contributed by atoms with van der Waals surface area (Å²) in [6.45, 7) is 3.83. The molecule has 0 radical (unpaired) electrons. The summed E-state index contributed by atoms with van der Waals surface area (Å²) >= 11 is 3.09. The first kappa shape index (κ1) is 19.1. The first-order chi connectivity index (χ1) is 13.0. The summed E-state index contributed by atoms with van der Waals surface area (Å²) in [6.07, 6.45) is -4.01. The number of fused-ring (bicyclic) bond motifs is 1. The number of nitrogens with zero attached hydrogens (tertiary/aromatic N) is 3. The van der Waals surface area contributed by atoms with E-state index in [2.05, 4.69) is 31.3 Å². The van der Waals surface area contributed by atoms with Crippen molar-refractivity contribution in [2.45, 2.75) is 38.9 Å². The number of halogens is 5. The van der Waals surface area contributed by atoms with Crippen LogP contribution in [0.5, 0.6) is 0 Å². The number of aromatic nitrogens is 3. The lowest BCUT2D eigenvalue weighted by atomic mass is 9.73. The fourth-order valence-corrected chi connectivity index (χ4v) is 4.12. The van der Waals surface area contributed by atoms with Gasteiger partial charge in [0.15, 0.2) is 5.78 Å². The van der Waals surface area contributed by atoms with E-state index in [1.807, 2.05) is 13.8 Å². The van der Waals surface area contributed by atoms with Crippen LogP contribution in [-0.4, -0.2) is 20.5 Å². The smallest absolute Gasteiger partial charge is 0.328 e. The van der Waals surface area contributed by atoms with E-state index in [1.165, 1.54) is 18.2 Å². The molecule has 2 heterocycles. The van der Waals surface area contributed by atoms with Gasteiger partial charge in [0.2, 0.25) is 5.95 Å². The molecule has 1 aromatic heterocycles. The number of carbonyl (C=O) groups excluding carboxylic acids is 1. The molecule has 10 heteroatoms. The monoisotopic (exact) mass is 458 g/mol. The molecule has 0 amide bonds. The molecule has 0 bridgehead atoms. The number of Topliss-reactive ketones (excluding diaryl/α,β-unsaturated/α-hetero) is 1. The van der Waals surface area contributed by atoms with Crippen molar-refractivity contribution in [3.8, 4) is 0 Å². The molecule has 1 aliphatic heterocycles. The first-order valence-electron chi connectivity index (χ1n) is 8.48. The average Bonchev–Trinajstić information content (AvgIpc) is 2.98. The topological polar surface area (TPSA) is 59.8 Å². The summed E-state index contributed by atoms with van der Waals surface area (Å²) in [7, 11) is 0. The Morgan fingerprint density at radius 3 is 2.64 bits per heavy atom. The quantitative estimate of drug-likeness (QED) is 0.620. The Labute approximate surface area is 166 Å². The molecule has 4 rings (SSSR count). The van der Waals surface area contributed by atoms with Crippen LogP contribution in [0.1, 0.15) is 44.1 Å². The van der Waals surface area contributed by atoms with Gasteiger partial charge >= 0.3 is 6.18 Å². The molecule has 0 saturated carbocycles. The van der Waals surface area contributed by atoms with Gasteiger partial charge in [0.25, 0.3) is 5.82 Å². The molecule has 0 saturated heterocycles. The maximum absolute atomic E-state index is 13.7. The zero-order valence-electron chi connectivity index (χ0n) is 14.9. The molecule has 2 aromatic rings. The van der Waals surface area contributed by atoms with Crippen LogP contribution >= 0.6 is 15.9 Å². The molecule has 5 nitrogen and oxygen atoms in total. The lowest BCUT2D eigenvalue weighted by Crippen LogP contribution is -2.36. The number of ketones is 1. The van der Waals surface area contributed by atoms with Crippen molar-refractivity contribution in [2.24, 2.45) is 5.41 Å². The lowest BCUT2D eigenvalue weighted by molar-refractivity contribution is -0.145. The van der Waals surface area contributed by atoms with E-state index in [-0.39, 0.29) is 28.0 Å². The van der Waals surface area contributed by atoms with Crippen LogP contribution in [0, 0.1) is 11.2 Å². The Balaban J connectivity index is 1.93. The Morgan fingerprint density at radius 2 is 2.00 bits per heavy atom. The minimum absolute atomic E-state index is 0.0953. The number of rotatable bonds is 1. The molecule has 28 heavy (non-hydrogen) atoms. The number of anilines is 1. The second-order valence-corrected chi connectivity index (χ2v) is 8.59. The highest BCUT2D eigenvalue weighted by molar-refractivity contribution is 9.10. The van der Waals surface area contributed by atoms with Gasteiger partial charge < -0.3 is 5.32 Å². The molecule has 1 atom stereocenters. The molecule has 0 fully saturated rings. The second kappa shape index (κ2) is 6.13. The fraction of sp³-hybridized carbons (Fsp3) is 0.389. The predicted molar refractivity (Wildman–Crippen MR) is 95.9 cm³/mol. The maximum Gasteiger partial charge on any atom is 0.453 e. The van der Waals surface area contributed by atoms with Gasteiger partial charge in [0.05, 0.1) is 4.47 Å². The highest BCUT2D eigenvalue weighted by Crippen LogP contribution is 2.46. The molecular formula is C18H15BrF4N4O. The van der Waals surface area contributed by atoms with E-state index >= 15 is 0 Å². The minimum atomic E-state index is -4.73. The van der Waals surface area contributed by atoms with Crippen molar-refractivity contribution in [3.05, 3.63) is 51.1 Å². The Bertz CT molecular complexity index is 1030. The summed E-state index contributed by atoms with van der Waals surface area (Å²) in [4.78, 5) is 16.5. The maximum atomic E-state index is 13.7. The Morgan fingerprint density at radius 1 is 1.29 bits per heavy atom. The van der Waals surface area contributed by atoms with Crippen LogP contribution in [0.25, 0.3) is 0 Å². The highest BCUT2D eigenvalue weighted by Gasteiger charge is 2.44. The summed E-state index contributed by atoms with van der Waals surface area (Å²) < 4.78 is 54.5. The zero-order valence-corrected chi connectivity index (χ0v) is 16.4. The van der Waals surface area contributed by atoms with Crippen LogP contribution in [-0.2, 0) is 11.0 Å². The third kappa shape index (κ3) is 3.13. The lowest BCUT2D eigenvalue weighted by Gasteiger charge is -2.38. The van der Waals surface area contributed by atoms with E-state index in [0.717, 1.165) is 4.68 Å². The predicted octanol–water partition coefficient (Wildman–Crippen LogP) is 4.86. The van der Waals surface area contributed by atoms with Crippen molar-refractivity contribution >= 4 is 27.7 Å². The van der Waals surface area contributed by atoms with E-state index in [0.29, 0.717) is 23.3 Å². The van der Waals surface area contributed by atoms with E-state index < -0.39 is 23.9 Å². The van der Waals surface area contributed by atoms with Crippen LogP contribution in [0.15, 0.2) is 33.9 Å². The Hall–Kier alpha value is -2.23. The van der Waals surface area contributed by atoms with Crippen LogP contribution in [0.2, 0.25) is 0 Å². The third-order valence-electron chi connectivity index (χ3n) is 4.84. The van der Waals surface area contributed by atoms with E-state index in [9.17, 15) is 22.4 Å². The fourth-order valence-electron chi connectivity index (χ4n) is 3.72. The van der Waals surface area contributed by atoms with E-state index in [4.69, 9.17) is 0 Å². The van der Waals surface area contributed by atoms with Gasteiger partial charge in [-0.05, 0) is 45.5 Å². The summed E-state index contributed by atoms with van der Waals surface area (Å²) in [6, 6.07) is 3.16. The van der Waals surface area contributed by atoms with Gasteiger partial charge in [0.1, 0.15) is 11.9 Å². The van der Waals surface area contributed by atoms with Gasteiger partial charge in [-0.15, -0.1) is 5.10 Å². The summed E-state index contributed by atoms with van der Waals surface area (Å²) in [5.74, 6) is -2.09. The van der Waals surface area contributed by atoms with Crippen LogP contribution < -0.4 is 5.32 Å². The van der Waals surface area contributed by atoms with Crippen molar-refractivity contribution < 1.29 is 22.4 Å². The molecule has 148 valence electrons. The van der Waals surface area contributed by atoms with Crippen LogP contribution in [0.4, 0.5) is 23.5 Å². The van der Waals surface area contributed by atoms with Gasteiger partial charge in [-0.2, -0.15) is 18.2 Å². The van der Waals surface area contributed by atoms with Gasteiger partial charge in [-0.3, -0.25) is 4.79 Å². The largest absolute Gasteiger partial charge is 0.453 e. The van der Waals surface area contributed by atoms with Crippen molar-refractivity contribution in [3.63, 3.8) is 0 Å². The van der Waals surface area contributed by atoms with Gasteiger partial charge in [0, 0.05) is 17.7 Å². The summed E-state index contributed by atoms with van der Waals surface area (Å²) in [5.41, 5.74) is 0.964. The number of benzene rings is 1. The van der Waals surface area contributed by atoms with Gasteiger partial charge in [-0.1, -0.05) is 19.9 Å². The number of hydrogen-bond donors (Lipinski definition) is 1. The van der Waals surface area contributed by atoms with Crippen molar-refractivity contribution in [1.82, 2.24) is 14.8 Å². The van der Waals surface area contributed by atoms with Crippen molar-refractivity contribution in [1.29, 1.82) is 0 Å². The number of hydrogen-bond acceptors (Lipinski definition) is 4. The zero-order chi connectivity index (χ0) is 20.4. The number of alkyl halides is 3. The van der Waals surface area contributed by atoms with Gasteiger partial charge in [-0.25, -0.2) is 9.07 Å². The third-order valence-corrected chi connectivity index (χ3v) is 5.45. The average molecular weight is 459 g/mol. The molecule has 1 aromatic carbocycles. The normalized spacial score (nSPS) is 21.2. The second-order valence-electron chi connectivity index (χ2n) is 7.74. The molecule has 1 unspecified atom stereocenters. The molecule has 2 aliphatic rings. The molecule has 1 N–H and O–H groups in total. The number of carbonyl (C=O) groups is 1. The van der Waals surface area contributed by atoms with E-state index in [1.54, 1.807) is 0 Å². The molecular weight excluding hydrogens is 444 g/mol. The first-order valence-corrected chi connectivity index (χ1v) is 9.27. The SMILES string of the molecule is CC1(C)CC(=O)C2=C(C1)Nc1nc(C(F)(F)F)nn1C2c1ccc(F)c(Br)c1. The highest BCUT2D eigenvalue weighted by atomic mass is 79.9. The molecule has 0 spiro atoms. The molecule has 1 aliphatic carbocycles. The number of nitrogens with one attached hydrogen (secondary N) is 1. The Kier molecular flexibility index (Phi) is 4.18. The standard InChI is InChI=1S/C18H15BrF4N4O/c1-17(2)6-11-13(12(28)7-17)14(8-3-4-10(20)9(19)5-8)27-16(24-11)25-15(26-27)18(21,22)23/h3-5,14H,6-7H2,1-2H3,(H,24,25,26). The summed E-state index contributed by atoms with van der Waals surface area (Å²) in [5, 5.41) is 6.48. The van der Waals surface area contributed by atoms with Crippen molar-refractivity contribution in [2.75, 3.05) is 5.32 Å². The number of allylic oxidation sites excluding steroid dienone is 2. The van der Waals surface area contributed by atoms with Crippen LogP contribution in [0.3, 0.4) is 0 Å².